The Morgan fingerprint density at radius 1 is 1.45 bits per heavy atom. The van der Waals surface area contributed by atoms with Crippen LogP contribution in [0, 0.1) is 11.6 Å². The predicted octanol–water partition coefficient (Wildman–Crippen LogP) is 2.57. The van der Waals surface area contributed by atoms with Crippen LogP contribution in [0.2, 0.25) is 0 Å². The van der Waals surface area contributed by atoms with E-state index < -0.39 is 29.4 Å². The highest BCUT2D eigenvalue weighted by Gasteiger charge is 2.23. The van der Waals surface area contributed by atoms with Gasteiger partial charge in [0, 0.05) is 13.2 Å². The number of carbonyl (C=O) groups excluding carboxylic acids is 1. The maximum Gasteiger partial charge on any atom is 0.408 e. The van der Waals surface area contributed by atoms with Gasteiger partial charge in [-0.3, -0.25) is 4.98 Å². The molecule has 5 nitrogen and oxygen atoms in total. The van der Waals surface area contributed by atoms with Gasteiger partial charge < -0.3 is 14.8 Å². The maximum atomic E-state index is 13.7. The van der Waals surface area contributed by atoms with Crippen molar-refractivity contribution >= 4 is 6.09 Å². The Bertz CT molecular complexity index is 475. The Hall–Kier alpha value is -1.76. The number of halogens is 2. The van der Waals surface area contributed by atoms with Crippen LogP contribution in [0.3, 0.4) is 0 Å². The van der Waals surface area contributed by atoms with Crippen LogP contribution in [0.4, 0.5) is 13.6 Å². The van der Waals surface area contributed by atoms with Crippen LogP contribution in [-0.2, 0) is 9.47 Å². The Labute approximate surface area is 116 Å². The molecule has 0 aliphatic rings. The van der Waals surface area contributed by atoms with Gasteiger partial charge in [-0.15, -0.1) is 0 Å². The van der Waals surface area contributed by atoms with Crippen LogP contribution in [0.5, 0.6) is 0 Å². The van der Waals surface area contributed by atoms with Crippen LogP contribution in [0.15, 0.2) is 12.3 Å². The molecule has 0 radical (unpaired) electrons. The topological polar surface area (TPSA) is 60.5 Å². The second-order valence-corrected chi connectivity index (χ2v) is 5.17. The molecule has 1 unspecified atom stereocenters. The van der Waals surface area contributed by atoms with Crippen LogP contribution >= 0.6 is 0 Å². The zero-order valence-electron chi connectivity index (χ0n) is 11.9. The molecule has 0 bridgehead atoms. The number of ether oxygens (including phenoxy) is 2. The quantitative estimate of drug-likeness (QED) is 0.925. The fraction of sp³-hybridized carbons (Fsp3) is 0.538. The van der Waals surface area contributed by atoms with E-state index in [1.807, 2.05) is 0 Å². The second kappa shape index (κ2) is 6.60. The Balaban J connectivity index is 2.86. The average Bonchev–Trinajstić information content (AvgIpc) is 2.25. The summed E-state index contributed by atoms with van der Waals surface area (Å²) in [5.41, 5.74) is -0.796. The van der Waals surface area contributed by atoms with Gasteiger partial charge in [0.15, 0.2) is 0 Å². The summed E-state index contributed by atoms with van der Waals surface area (Å²) in [5.74, 6) is -1.65. The molecule has 1 aromatic rings. The lowest BCUT2D eigenvalue weighted by Crippen LogP contribution is -2.37. The highest BCUT2D eigenvalue weighted by atomic mass is 19.1. The van der Waals surface area contributed by atoms with Gasteiger partial charge >= 0.3 is 6.09 Å². The van der Waals surface area contributed by atoms with Crippen LogP contribution in [-0.4, -0.2) is 30.4 Å². The zero-order chi connectivity index (χ0) is 15.3. The van der Waals surface area contributed by atoms with Gasteiger partial charge in [-0.05, 0) is 20.8 Å². The lowest BCUT2D eigenvalue weighted by molar-refractivity contribution is 0.0464. The maximum absolute atomic E-state index is 13.7. The summed E-state index contributed by atoms with van der Waals surface area (Å²) < 4.78 is 36.5. The molecule has 1 amide bonds. The third-order valence-corrected chi connectivity index (χ3v) is 2.19. The van der Waals surface area contributed by atoms with Crippen LogP contribution in [0.25, 0.3) is 0 Å². The number of hydrogen-bond donors (Lipinski definition) is 1. The summed E-state index contributed by atoms with van der Waals surface area (Å²) in [6.45, 7) is 5.09. The number of aromatic nitrogens is 1. The van der Waals surface area contributed by atoms with Gasteiger partial charge in [0.25, 0.3) is 0 Å². The van der Waals surface area contributed by atoms with Crippen molar-refractivity contribution in [3.05, 3.63) is 29.6 Å². The van der Waals surface area contributed by atoms with E-state index >= 15 is 0 Å². The Morgan fingerprint density at radius 2 is 2.10 bits per heavy atom. The van der Waals surface area contributed by atoms with Crippen molar-refractivity contribution < 1.29 is 23.0 Å². The minimum atomic E-state index is -0.865. The lowest BCUT2D eigenvalue weighted by atomic mass is 10.2. The molecule has 112 valence electrons. The zero-order valence-corrected chi connectivity index (χ0v) is 11.9. The Morgan fingerprint density at radius 3 is 2.60 bits per heavy atom. The first-order valence-corrected chi connectivity index (χ1v) is 6.02. The first kappa shape index (κ1) is 16.3. The van der Waals surface area contributed by atoms with Gasteiger partial charge in [0.05, 0.1) is 12.8 Å². The molecule has 0 saturated heterocycles. The van der Waals surface area contributed by atoms with Crippen molar-refractivity contribution in [1.82, 2.24) is 10.3 Å². The second-order valence-electron chi connectivity index (χ2n) is 5.17. The summed E-state index contributed by atoms with van der Waals surface area (Å²) in [6, 6.07) is -0.169. The summed E-state index contributed by atoms with van der Waals surface area (Å²) in [6.07, 6.45) is 0.141. The fourth-order valence-electron chi connectivity index (χ4n) is 1.49. The number of amides is 1. The van der Waals surface area contributed by atoms with E-state index in [2.05, 4.69) is 10.3 Å². The fourth-order valence-corrected chi connectivity index (χ4v) is 1.49. The minimum absolute atomic E-state index is 0.0191. The summed E-state index contributed by atoms with van der Waals surface area (Å²) >= 11 is 0. The van der Waals surface area contributed by atoms with Crippen LogP contribution in [0.1, 0.15) is 32.5 Å². The van der Waals surface area contributed by atoms with E-state index in [1.54, 1.807) is 20.8 Å². The van der Waals surface area contributed by atoms with E-state index in [-0.39, 0.29) is 12.3 Å². The highest BCUT2D eigenvalue weighted by Crippen LogP contribution is 2.17. The molecule has 0 spiro atoms. The highest BCUT2D eigenvalue weighted by molar-refractivity contribution is 5.68. The molecule has 0 fully saturated rings. The van der Waals surface area contributed by atoms with Crippen molar-refractivity contribution in [2.24, 2.45) is 0 Å². The number of rotatable bonds is 4. The molecule has 1 heterocycles. The first-order valence-electron chi connectivity index (χ1n) is 6.02. The summed E-state index contributed by atoms with van der Waals surface area (Å²) in [7, 11) is 1.39. The van der Waals surface area contributed by atoms with E-state index in [1.165, 1.54) is 7.11 Å². The van der Waals surface area contributed by atoms with Gasteiger partial charge in [-0.2, -0.15) is 0 Å². The van der Waals surface area contributed by atoms with E-state index in [9.17, 15) is 13.6 Å². The molecule has 1 atom stereocenters. The average molecular weight is 288 g/mol. The SMILES string of the molecule is COCC(NC(=O)OC(C)(C)C)c1ncc(F)cc1F. The van der Waals surface area contributed by atoms with Gasteiger partial charge in [-0.25, -0.2) is 13.6 Å². The molecule has 20 heavy (non-hydrogen) atoms. The van der Waals surface area contributed by atoms with Gasteiger partial charge in [-0.1, -0.05) is 0 Å². The number of nitrogens with zero attached hydrogens (tertiary/aromatic N) is 1. The Kier molecular flexibility index (Phi) is 5.38. The van der Waals surface area contributed by atoms with E-state index in [4.69, 9.17) is 9.47 Å². The summed E-state index contributed by atoms with van der Waals surface area (Å²) in [5, 5.41) is 2.44. The number of carbonyl (C=O) groups is 1. The third kappa shape index (κ3) is 5.08. The number of nitrogens with one attached hydrogen (secondary N) is 1. The largest absolute Gasteiger partial charge is 0.444 e. The molecule has 0 aromatic carbocycles. The molecule has 0 aliphatic heterocycles. The van der Waals surface area contributed by atoms with Gasteiger partial charge in [0.2, 0.25) is 0 Å². The molecule has 1 N–H and O–H groups in total. The lowest BCUT2D eigenvalue weighted by Gasteiger charge is -2.23. The molecule has 0 saturated carbocycles. The normalized spacial score (nSPS) is 12.9. The van der Waals surface area contributed by atoms with E-state index in [0.717, 1.165) is 6.20 Å². The standard InChI is InChI=1S/C13H18F2N2O3/c1-13(2,3)20-12(18)17-10(7-19-4)11-9(15)5-8(14)6-16-11/h5-6,10H,7H2,1-4H3,(H,17,18). The minimum Gasteiger partial charge on any atom is -0.444 e. The molecule has 1 rings (SSSR count). The van der Waals surface area contributed by atoms with Gasteiger partial charge in [0.1, 0.15) is 29.0 Å². The molecule has 7 heteroatoms. The summed E-state index contributed by atoms with van der Waals surface area (Å²) in [4.78, 5) is 15.3. The van der Waals surface area contributed by atoms with Crippen molar-refractivity contribution in [3.8, 4) is 0 Å². The smallest absolute Gasteiger partial charge is 0.408 e. The number of alkyl carbamates (subject to hydrolysis) is 1. The van der Waals surface area contributed by atoms with Crippen molar-refractivity contribution in [2.45, 2.75) is 32.4 Å². The third-order valence-electron chi connectivity index (χ3n) is 2.19. The molecular formula is C13H18F2N2O3. The van der Waals surface area contributed by atoms with Crippen molar-refractivity contribution in [2.75, 3.05) is 13.7 Å². The number of methoxy groups -OCH3 is 1. The van der Waals surface area contributed by atoms with Crippen LogP contribution < -0.4 is 5.32 Å². The number of hydrogen-bond acceptors (Lipinski definition) is 4. The monoisotopic (exact) mass is 288 g/mol. The van der Waals surface area contributed by atoms with Crippen molar-refractivity contribution in [1.29, 1.82) is 0 Å². The number of pyridine rings is 1. The molecule has 1 aromatic heterocycles. The van der Waals surface area contributed by atoms with E-state index in [0.29, 0.717) is 6.07 Å². The molecular weight excluding hydrogens is 270 g/mol. The van der Waals surface area contributed by atoms with Crippen molar-refractivity contribution in [3.63, 3.8) is 0 Å². The molecule has 0 aliphatic carbocycles. The first-order chi connectivity index (χ1) is 9.23. The predicted molar refractivity (Wildman–Crippen MR) is 68.1 cm³/mol.